The molecular weight excluding hydrogens is 379 g/mol. The molecule has 29 heavy (non-hydrogen) atoms. The van der Waals surface area contributed by atoms with Crippen molar-refractivity contribution in [2.45, 2.75) is 19.4 Å². The lowest BCUT2D eigenvalue weighted by Gasteiger charge is -2.20. The van der Waals surface area contributed by atoms with Crippen LogP contribution >= 0.6 is 0 Å². The van der Waals surface area contributed by atoms with Crippen LogP contribution < -0.4 is 10.5 Å². The second kappa shape index (κ2) is 11.9. The smallest absolute Gasteiger partial charge is 0.328 e. The fourth-order valence-electron chi connectivity index (χ4n) is 2.25. The van der Waals surface area contributed by atoms with Gasteiger partial charge in [-0.2, -0.15) is 5.26 Å². The predicted octanol–water partition coefficient (Wildman–Crippen LogP) is 3.19. The van der Waals surface area contributed by atoms with Crippen molar-refractivity contribution in [3.8, 4) is 11.8 Å². The average Bonchev–Trinajstić information content (AvgIpc) is 2.69. The number of hydrogen-bond acceptors (Lipinski definition) is 5. The van der Waals surface area contributed by atoms with Crippen molar-refractivity contribution in [3.63, 3.8) is 0 Å². The Bertz CT molecular complexity index is 891. The zero-order valence-corrected chi connectivity index (χ0v) is 15.7. The van der Waals surface area contributed by atoms with Gasteiger partial charge in [-0.3, -0.25) is 0 Å². The maximum atomic E-state index is 13.5. The first kappa shape index (κ1) is 23.3. The number of nitrogens with two attached hydrogens (primary N) is 1. The second-order valence-corrected chi connectivity index (χ2v) is 5.81. The molecule has 0 fully saturated rings. The molecule has 2 aromatic carbocycles. The van der Waals surface area contributed by atoms with Gasteiger partial charge in [-0.25, -0.2) is 14.0 Å². The van der Waals surface area contributed by atoms with Crippen molar-refractivity contribution in [3.05, 3.63) is 77.1 Å². The summed E-state index contributed by atoms with van der Waals surface area (Å²) in [6.45, 7) is 2.10. The summed E-state index contributed by atoms with van der Waals surface area (Å²) < 4.78 is 19.5. The summed E-state index contributed by atoms with van der Waals surface area (Å²) in [4.78, 5) is 19.1. The molecule has 7 nitrogen and oxygen atoms in total. The van der Waals surface area contributed by atoms with E-state index < -0.39 is 17.8 Å². The van der Waals surface area contributed by atoms with Gasteiger partial charge in [0.25, 0.3) is 0 Å². The van der Waals surface area contributed by atoms with Crippen LogP contribution in [0.3, 0.4) is 0 Å². The lowest BCUT2D eigenvalue weighted by Crippen LogP contribution is -2.14. The van der Waals surface area contributed by atoms with Crippen LogP contribution in [0.1, 0.15) is 29.2 Å². The predicted molar refractivity (Wildman–Crippen MR) is 104 cm³/mol. The van der Waals surface area contributed by atoms with E-state index in [1.807, 2.05) is 36.4 Å². The van der Waals surface area contributed by atoms with Crippen LogP contribution in [-0.4, -0.2) is 28.7 Å². The number of nitriles is 1. The van der Waals surface area contributed by atoms with Gasteiger partial charge < -0.3 is 20.7 Å². The molecule has 8 heteroatoms. The molecule has 152 valence electrons. The number of nitrogens with zero attached hydrogens (tertiary/aromatic N) is 1. The number of halogens is 1. The minimum atomic E-state index is -1.26. The minimum Gasteiger partial charge on any atom is -0.484 e. The van der Waals surface area contributed by atoms with E-state index in [9.17, 15) is 14.0 Å². The molecule has 0 aliphatic heterocycles. The number of carboxylic acids is 2. The zero-order chi connectivity index (χ0) is 21.8. The number of ether oxygens (including phenoxy) is 1. The highest BCUT2D eigenvalue weighted by Crippen LogP contribution is 2.29. The number of rotatable bonds is 7. The van der Waals surface area contributed by atoms with Crippen LogP contribution in [0.25, 0.3) is 0 Å². The number of aliphatic carboxylic acids is 2. The van der Waals surface area contributed by atoms with E-state index in [0.717, 1.165) is 5.56 Å². The van der Waals surface area contributed by atoms with Crippen LogP contribution in [0, 0.1) is 24.1 Å². The molecule has 0 aromatic heterocycles. The highest BCUT2D eigenvalue weighted by molar-refractivity contribution is 5.89. The van der Waals surface area contributed by atoms with Crippen molar-refractivity contribution < 1.29 is 28.9 Å². The molecule has 0 amide bonds. The van der Waals surface area contributed by atoms with Gasteiger partial charge in [-0.05, 0) is 36.7 Å². The van der Waals surface area contributed by atoms with Gasteiger partial charge in [-0.1, -0.05) is 30.3 Å². The lowest BCUT2D eigenvalue weighted by molar-refractivity contribution is -0.134. The molecular formula is C21H21FN2O5. The highest BCUT2D eigenvalue weighted by atomic mass is 19.1. The van der Waals surface area contributed by atoms with Crippen molar-refractivity contribution in [1.82, 2.24) is 0 Å². The Morgan fingerprint density at radius 2 is 1.79 bits per heavy atom. The summed E-state index contributed by atoms with van der Waals surface area (Å²) in [6, 6.07) is 14.4. The monoisotopic (exact) mass is 400 g/mol. The molecule has 0 aliphatic rings. The van der Waals surface area contributed by atoms with Crippen molar-refractivity contribution in [1.29, 1.82) is 5.26 Å². The molecule has 0 heterocycles. The third-order valence-electron chi connectivity index (χ3n) is 3.62. The first-order valence-electron chi connectivity index (χ1n) is 8.54. The first-order valence-corrected chi connectivity index (χ1v) is 8.54. The Hall–Kier alpha value is -3.70. The zero-order valence-electron chi connectivity index (χ0n) is 15.7. The maximum absolute atomic E-state index is 13.5. The number of hydrogen-bond donors (Lipinski definition) is 3. The topological polar surface area (TPSA) is 134 Å². The molecule has 0 saturated carbocycles. The molecule has 2 rings (SSSR count). The third-order valence-corrected chi connectivity index (χ3v) is 3.62. The van der Waals surface area contributed by atoms with E-state index in [1.165, 1.54) is 6.07 Å². The van der Waals surface area contributed by atoms with Crippen molar-refractivity contribution in [2.75, 3.05) is 6.54 Å². The van der Waals surface area contributed by atoms with E-state index in [1.54, 1.807) is 13.0 Å². The molecule has 0 unspecified atom stereocenters. The van der Waals surface area contributed by atoms with E-state index >= 15 is 0 Å². The normalized spacial score (nSPS) is 11.1. The number of carboxylic acid groups (broad SMARTS) is 2. The van der Waals surface area contributed by atoms with Gasteiger partial charge in [0, 0.05) is 18.6 Å². The number of aryl methyl sites for hydroxylation is 1. The summed E-state index contributed by atoms with van der Waals surface area (Å²) in [5, 5.41) is 24.8. The van der Waals surface area contributed by atoms with E-state index in [-0.39, 0.29) is 11.7 Å². The van der Waals surface area contributed by atoms with Crippen LogP contribution in [0.2, 0.25) is 0 Å². The summed E-state index contributed by atoms with van der Waals surface area (Å²) >= 11 is 0. The molecule has 2 aromatic rings. The molecule has 0 radical (unpaired) electrons. The Morgan fingerprint density at radius 1 is 1.21 bits per heavy atom. The highest BCUT2D eigenvalue weighted by Gasteiger charge is 2.16. The van der Waals surface area contributed by atoms with Crippen LogP contribution in [0.4, 0.5) is 4.39 Å². The fraction of sp³-hybridized carbons (Fsp3) is 0.190. The van der Waals surface area contributed by atoms with E-state index in [2.05, 4.69) is 0 Å². The lowest BCUT2D eigenvalue weighted by atomic mass is 10.1. The van der Waals surface area contributed by atoms with E-state index in [0.29, 0.717) is 36.4 Å². The van der Waals surface area contributed by atoms with E-state index in [4.69, 9.17) is 25.9 Å². The number of carbonyl (C=O) groups is 2. The first-order chi connectivity index (χ1) is 13.8. The van der Waals surface area contributed by atoms with Crippen LogP contribution in [0.15, 0.2) is 54.6 Å². The van der Waals surface area contributed by atoms with Gasteiger partial charge in [-0.15, -0.1) is 0 Å². The second-order valence-electron chi connectivity index (χ2n) is 5.81. The third kappa shape index (κ3) is 8.24. The maximum Gasteiger partial charge on any atom is 0.328 e. The Labute approximate surface area is 167 Å². The summed E-state index contributed by atoms with van der Waals surface area (Å²) in [6.07, 6.45) is 1.48. The standard InChI is InChI=1S/C17H17FN2O.C4H4O4/c1-12-9-17(14(11-20)10-15(12)18)21-16(7-8-19)13-5-3-2-4-6-13;5-3(6)1-2-4(7)8/h2-6,9-10,16H,7-8,19H2,1H3;1-2H,(H,5,6)(H,7,8)/b;2-1+/t16-;/m1./s1. The van der Waals surface area contributed by atoms with Gasteiger partial charge in [0.1, 0.15) is 23.7 Å². The van der Waals surface area contributed by atoms with Gasteiger partial charge >= 0.3 is 11.9 Å². The largest absolute Gasteiger partial charge is 0.484 e. The number of benzene rings is 2. The summed E-state index contributed by atoms with van der Waals surface area (Å²) in [5.74, 6) is -2.53. The van der Waals surface area contributed by atoms with Crippen LogP contribution in [0.5, 0.6) is 5.75 Å². The van der Waals surface area contributed by atoms with Crippen LogP contribution in [-0.2, 0) is 9.59 Å². The van der Waals surface area contributed by atoms with Crippen molar-refractivity contribution in [2.24, 2.45) is 5.73 Å². The molecule has 0 bridgehead atoms. The SMILES string of the molecule is Cc1cc(O[C@H](CCN)c2ccccc2)c(C#N)cc1F.O=C(O)/C=C/C(=O)O. The van der Waals surface area contributed by atoms with Gasteiger partial charge in [0.2, 0.25) is 0 Å². The molecule has 4 N–H and O–H groups in total. The summed E-state index contributed by atoms with van der Waals surface area (Å²) in [7, 11) is 0. The summed E-state index contributed by atoms with van der Waals surface area (Å²) in [5.41, 5.74) is 7.26. The van der Waals surface area contributed by atoms with Gasteiger partial charge in [0.05, 0.1) is 5.56 Å². The Kier molecular flexibility index (Phi) is 9.57. The molecule has 0 aliphatic carbocycles. The quantitative estimate of drug-likeness (QED) is 0.608. The molecule has 1 atom stereocenters. The van der Waals surface area contributed by atoms with Gasteiger partial charge in [0.15, 0.2) is 0 Å². The average molecular weight is 400 g/mol. The van der Waals surface area contributed by atoms with Crippen molar-refractivity contribution >= 4 is 11.9 Å². The minimum absolute atomic E-state index is 0.191. The fourth-order valence-corrected chi connectivity index (χ4v) is 2.25. The molecule has 0 saturated heterocycles. The molecule has 0 spiro atoms. The Balaban J connectivity index is 0.000000447. The Morgan fingerprint density at radius 3 is 2.28 bits per heavy atom.